The highest BCUT2D eigenvalue weighted by atomic mass is 16.7. The van der Waals surface area contributed by atoms with Gasteiger partial charge in [0.1, 0.15) is 0 Å². The van der Waals surface area contributed by atoms with Crippen LogP contribution < -0.4 is 5.73 Å². The van der Waals surface area contributed by atoms with Crippen molar-refractivity contribution in [3.05, 3.63) is 0 Å². The first-order chi connectivity index (χ1) is 6.95. The van der Waals surface area contributed by atoms with Gasteiger partial charge in [-0.25, -0.2) is 0 Å². The second-order valence-corrected chi connectivity index (χ2v) is 7.05. The maximum Gasteiger partial charge on any atom is 0.475 e. The fourth-order valence-corrected chi connectivity index (χ4v) is 1.87. The Balaban J connectivity index is 2.66. The Bertz CT molecular complexity index is 242. The molecule has 0 aromatic rings. The van der Waals surface area contributed by atoms with E-state index < -0.39 is 0 Å². The van der Waals surface area contributed by atoms with E-state index in [-0.39, 0.29) is 29.7 Å². The largest absolute Gasteiger partial charge is 0.475 e. The van der Waals surface area contributed by atoms with Crippen LogP contribution in [0.2, 0.25) is 0 Å². The normalized spacial score (nSPS) is 25.9. The molecule has 4 heteroatoms. The lowest BCUT2D eigenvalue weighted by Gasteiger charge is -2.32. The lowest BCUT2D eigenvalue weighted by molar-refractivity contribution is 0.00578. The van der Waals surface area contributed by atoms with Gasteiger partial charge in [0, 0.05) is 5.94 Å². The summed E-state index contributed by atoms with van der Waals surface area (Å²) in [6, 6.07) is 0. The van der Waals surface area contributed by atoms with E-state index in [4.69, 9.17) is 15.0 Å². The molecular weight excluding hydrogens is 201 g/mol. The average molecular weight is 227 g/mol. The number of nitrogens with two attached hydrogens (primary N) is 1. The summed E-state index contributed by atoms with van der Waals surface area (Å²) in [6.45, 7) is 14.7. The van der Waals surface area contributed by atoms with Crippen LogP contribution in [0.25, 0.3) is 0 Å². The molecule has 0 unspecified atom stereocenters. The molecule has 1 fully saturated rings. The van der Waals surface area contributed by atoms with Gasteiger partial charge in [0.15, 0.2) is 0 Å². The summed E-state index contributed by atoms with van der Waals surface area (Å²) in [5, 5.41) is 0. The molecule has 0 saturated carbocycles. The summed E-state index contributed by atoms with van der Waals surface area (Å²) >= 11 is 0. The molecule has 0 aromatic heterocycles. The predicted molar refractivity (Wildman–Crippen MR) is 68.1 cm³/mol. The van der Waals surface area contributed by atoms with Crippen molar-refractivity contribution in [2.24, 2.45) is 11.1 Å². The molecule has 16 heavy (non-hydrogen) atoms. The van der Waals surface area contributed by atoms with E-state index in [1.165, 1.54) is 0 Å². The van der Waals surface area contributed by atoms with E-state index >= 15 is 0 Å². The molecule has 0 amide bonds. The highest BCUT2D eigenvalue weighted by molar-refractivity contribution is 6.47. The minimum Gasteiger partial charge on any atom is -0.402 e. The van der Waals surface area contributed by atoms with Gasteiger partial charge < -0.3 is 15.0 Å². The molecule has 0 spiro atoms. The van der Waals surface area contributed by atoms with Gasteiger partial charge in [0.25, 0.3) is 0 Å². The van der Waals surface area contributed by atoms with Crippen LogP contribution in [0.3, 0.4) is 0 Å². The van der Waals surface area contributed by atoms with E-state index in [0.29, 0.717) is 0 Å². The first kappa shape index (κ1) is 14.0. The molecule has 0 aliphatic carbocycles. The molecule has 3 nitrogen and oxygen atoms in total. The standard InChI is InChI=1S/C12H26BNO2/c1-10(2,3)8-9(14)13-15-11(4,5)12(6,7)16-13/h9H,8,14H2,1-7H3/t9-/m1/s1. The molecule has 1 aliphatic rings. The molecule has 2 N–H and O–H groups in total. The molecule has 0 aromatic carbocycles. The lowest BCUT2D eigenvalue weighted by atomic mass is 9.71. The molecule has 1 saturated heterocycles. The molecule has 0 radical (unpaired) electrons. The van der Waals surface area contributed by atoms with Crippen molar-refractivity contribution >= 4 is 7.12 Å². The van der Waals surface area contributed by atoms with Gasteiger partial charge in [0.05, 0.1) is 11.2 Å². The van der Waals surface area contributed by atoms with Gasteiger partial charge >= 0.3 is 7.12 Å². The fraction of sp³-hybridized carbons (Fsp3) is 1.00. The van der Waals surface area contributed by atoms with Gasteiger partial charge in [0.2, 0.25) is 0 Å². The van der Waals surface area contributed by atoms with Gasteiger partial charge in [-0.1, -0.05) is 20.8 Å². The zero-order valence-corrected chi connectivity index (χ0v) is 11.8. The van der Waals surface area contributed by atoms with Crippen LogP contribution in [-0.2, 0) is 9.31 Å². The zero-order chi connectivity index (χ0) is 12.8. The topological polar surface area (TPSA) is 44.5 Å². The smallest absolute Gasteiger partial charge is 0.402 e. The Morgan fingerprint density at radius 2 is 1.44 bits per heavy atom. The first-order valence-electron chi connectivity index (χ1n) is 6.06. The van der Waals surface area contributed by atoms with E-state index in [2.05, 4.69) is 48.5 Å². The van der Waals surface area contributed by atoms with Crippen molar-refractivity contribution in [1.82, 2.24) is 0 Å². The maximum absolute atomic E-state index is 6.16. The molecule has 1 rings (SSSR count). The summed E-state index contributed by atoms with van der Waals surface area (Å²) < 4.78 is 11.8. The van der Waals surface area contributed by atoms with Crippen molar-refractivity contribution in [2.45, 2.75) is 72.0 Å². The Morgan fingerprint density at radius 3 is 1.75 bits per heavy atom. The van der Waals surface area contributed by atoms with Crippen LogP contribution in [0.1, 0.15) is 54.9 Å². The average Bonchev–Trinajstić information content (AvgIpc) is 2.17. The Hall–Kier alpha value is -0.0551. The van der Waals surface area contributed by atoms with Gasteiger partial charge in [-0.05, 0) is 39.5 Å². The van der Waals surface area contributed by atoms with Crippen LogP contribution in [0.5, 0.6) is 0 Å². The Morgan fingerprint density at radius 1 is 1.06 bits per heavy atom. The highest BCUT2D eigenvalue weighted by Gasteiger charge is 2.53. The Labute approximate surface area is 100 Å². The zero-order valence-electron chi connectivity index (χ0n) is 11.8. The second-order valence-electron chi connectivity index (χ2n) is 7.05. The highest BCUT2D eigenvalue weighted by Crippen LogP contribution is 2.38. The van der Waals surface area contributed by atoms with Crippen LogP contribution in [0, 0.1) is 5.41 Å². The lowest BCUT2D eigenvalue weighted by Crippen LogP contribution is -2.43. The first-order valence-corrected chi connectivity index (χ1v) is 6.06. The third-order valence-electron chi connectivity index (χ3n) is 3.47. The third kappa shape index (κ3) is 2.99. The van der Waals surface area contributed by atoms with Crippen LogP contribution >= 0.6 is 0 Å². The van der Waals surface area contributed by atoms with Crippen LogP contribution in [0.4, 0.5) is 0 Å². The van der Waals surface area contributed by atoms with Crippen LogP contribution in [0.15, 0.2) is 0 Å². The predicted octanol–water partition coefficient (Wildman–Crippen LogP) is 2.38. The number of hydrogen-bond acceptors (Lipinski definition) is 3. The van der Waals surface area contributed by atoms with Gasteiger partial charge in [-0.2, -0.15) is 0 Å². The van der Waals surface area contributed by atoms with Crippen molar-refractivity contribution < 1.29 is 9.31 Å². The Kier molecular flexibility index (Phi) is 3.50. The molecule has 0 bridgehead atoms. The third-order valence-corrected chi connectivity index (χ3v) is 3.47. The monoisotopic (exact) mass is 227 g/mol. The van der Waals surface area contributed by atoms with E-state index in [0.717, 1.165) is 6.42 Å². The fourth-order valence-electron chi connectivity index (χ4n) is 1.87. The quantitative estimate of drug-likeness (QED) is 0.736. The van der Waals surface area contributed by atoms with Crippen molar-refractivity contribution in [2.75, 3.05) is 0 Å². The van der Waals surface area contributed by atoms with Crippen molar-refractivity contribution in [1.29, 1.82) is 0 Å². The second kappa shape index (κ2) is 4.00. The summed E-state index contributed by atoms with van der Waals surface area (Å²) in [5.41, 5.74) is 5.79. The summed E-state index contributed by atoms with van der Waals surface area (Å²) in [7, 11) is -0.288. The molecule has 1 aliphatic heterocycles. The van der Waals surface area contributed by atoms with E-state index in [1.807, 2.05) is 0 Å². The summed E-state index contributed by atoms with van der Waals surface area (Å²) in [4.78, 5) is 0. The molecular formula is C12H26BNO2. The molecule has 1 heterocycles. The van der Waals surface area contributed by atoms with E-state index in [9.17, 15) is 0 Å². The van der Waals surface area contributed by atoms with Gasteiger partial charge in [-0.3, -0.25) is 0 Å². The minimum atomic E-state index is -0.288. The minimum absolute atomic E-state index is 0.0685. The SMILES string of the molecule is CC(C)(C)C[C@@H](N)B1OC(C)(C)C(C)(C)O1. The van der Waals surface area contributed by atoms with Crippen molar-refractivity contribution in [3.63, 3.8) is 0 Å². The molecule has 1 atom stereocenters. The van der Waals surface area contributed by atoms with Crippen molar-refractivity contribution in [3.8, 4) is 0 Å². The molecule has 94 valence electrons. The summed E-state index contributed by atoms with van der Waals surface area (Å²) in [5.74, 6) is -0.0685. The number of hydrogen-bond donors (Lipinski definition) is 1. The van der Waals surface area contributed by atoms with E-state index in [1.54, 1.807) is 0 Å². The maximum atomic E-state index is 6.16. The van der Waals surface area contributed by atoms with Crippen LogP contribution in [-0.4, -0.2) is 24.3 Å². The van der Waals surface area contributed by atoms with Gasteiger partial charge in [-0.15, -0.1) is 0 Å². The summed E-state index contributed by atoms with van der Waals surface area (Å²) in [6.07, 6.45) is 0.893. The number of rotatable bonds is 2.